The molecule has 0 aliphatic heterocycles. The molecule has 0 bridgehead atoms. The summed E-state index contributed by atoms with van der Waals surface area (Å²) in [6.07, 6.45) is 11.3. The summed E-state index contributed by atoms with van der Waals surface area (Å²) in [6.45, 7) is 0.594. The van der Waals surface area contributed by atoms with Crippen LogP contribution in [0.25, 0.3) is 16.9 Å². The second-order valence-corrected chi connectivity index (χ2v) is 7.16. The molecule has 0 spiro atoms. The number of nitrogens with zero attached hydrogens (tertiary/aromatic N) is 3. The summed E-state index contributed by atoms with van der Waals surface area (Å²) in [4.78, 5) is 16.8. The van der Waals surface area contributed by atoms with Gasteiger partial charge in [-0.25, -0.2) is 9.07 Å². The minimum absolute atomic E-state index is 0.215. The minimum Gasteiger partial charge on any atom is -0.350 e. The van der Waals surface area contributed by atoms with Crippen molar-refractivity contribution in [2.45, 2.75) is 32.1 Å². The van der Waals surface area contributed by atoms with E-state index in [0.717, 1.165) is 30.5 Å². The zero-order valence-electron chi connectivity index (χ0n) is 16.1. The van der Waals surface area contributed by atoms with Crippen LogP contribution in [0.1, 0.15) is 42.6 Å². The number of halogens is 1. The highest BCUT2D eigenvalue weighted by Crippen LogP contribution is 2.24. The van der Waals surface area contributed by atoms with Gasteiger partial charge in [0.1, 0.15) is 5.82 Å². The Labute approximate surface area is 169 Å². The molecule has 3 aromatic rings. The standard InChI is InChI=1S/C23H23FN4O/c24-19-8-10-20(11-9-19)28-22(18-7-4-13-25-16-18)15-21(27-28)23(29)26-14-12-17-5-2-1-3-6-17/h4-5,7-11,13,15-16H,1-3,6,12,14H2,(H,26,29). The van der Waals surface area contributed by atoms with Crippen molar-refractivity contribution in [1.29, 1.82) is 0 Å². The summed E-state index contributed by atoms with van der Waals surface area (Å²) in [5.41, 5.74) is 3.98. The third kappa shape index (κ3) is 4.59. The van der Waals surface area contributed by atoms with Crippen LogP contribution in [0.3, 0.4) is 0 Å². The summed E-state index contributed by atoms with van der Waals surface area (Å²) < 4.78 is 15.0. The molecule has 148 valence electrons. The van der Waals surface area contributed by atoms with E-state index >= 15 is 0 Å². The molecular formula is C23H23FN4O. The molecule has 5 nitrogen and oxygen atoms in total. The lowest BCUT2D eigenvalue weighted by Gasteiger charge is -2.12. The molecule has 2 heterocycles. The van der Waals surface area contributed by atoms with Gasteiger partial charge >= 0.3 is 0 Å². The number of carbonyl (C=O) groups is 1. The van der Waals surface area contributed by atoms with Gasteiger partial charge in [0.2, 0.25) is 0 Å². The second-order valence-electron chi connectivity index (χ2n) is 7.16. The van der Waals surface area contributed by atoms with Crippen molar-refractivity contribution in [1.82, 2.24) is 20.1 Å². The van der Waals surface area contributed by atoms with Crippen molar-refractivity contribution in [3.8, 4) is 16.9 Å². The largest absolute Gasteiger partial charge is 0.350 e. The highest BCUT2D eigenvalue weighted by molar-refractivity contribution is 5.93. The van der Waals surface area contributed by atoms with E-state index in [0.29, 0.717) is 17.9 Å². The lowest BCUT2D eigenvalue weighted by atomic mass is 9.97. The van der Waals surface area contributed by atoms with Crippen molar-refractivity contribution in [2.75, 3.05) is 6.54 Å². The fourth-order valence-electron chi connectivity index (χ4n) is 3.55. The maximum atomic E-state index is 13.3. The molecule has 1 amide bonds. The summed E-state index contributed by atoms with van der Waals surface area (Å²) in [5, 5.41) is 7.46. The van der Waals surface area contributed by atoms with Crippen molar-refractivity contribution >= 4 is 5.91 Å². The van der Waals surface area contributed by atoms with Crippen LogP contribution in [0.5, 0.6) is 0 Å². The van der Waals surface area contributed by atoms with E-state index in [1.807, 2.05) is 12.1 Å². The first-order valence-corrected chi connectivity index (χ1v) is 9.93. The van der Waals surface area contributed by atoms with Gasteiger partial charge < -0.3 is 5.32 Å². The Morgan fingerprint density at radius 1 is 1.17 bits per heavy atom. The van der Waals surface area contributed by atoms with E-state index in [9.17, 15) is 9.18 Å². The van der Waals surface area contributed by atoms with Crippen LogP contribution in [0, 0.1) is 5.82 Å². The Kier molecular flexibility index (Phi) is 5.79. The Morgan fingerprint density at radius 3 is 2.76 bits per heavy atom. The van der Waals surface area contributed by atoms with Crippen LogP contribution in [-0.2, 0) is 0 Å². The van der Waals surface area contributed by atoms with Crippen LogP contribution in [0.15, 0.2) is 66.5 Å². The summed E-state index contributed by atoms with van der Waals surface area (Å²) >= 11 is 0. The van der Waals surface area contributed by atoms with Gasteiger partial charge in [-0.1, -0.05) is 11.6 Å². The van der Waals surface area contributed by atoms with Gasteiger partial charge in [0.25, 0.3) is 5.91 Å². The zero-order valence-corrected chi connectivity index (χ0v) is 16.1. The van der Waals surface area contributed by atoms with Gasteiger partial charge in [-0.15, -0.1) is 0 Å². The molecule has 6 heteroatoms. The molecular weight excluding hydrogens is 367 g/mol. The van der Waals surface area contributed by atoms with Crippen molar-refractivity contribution < 1.29 is 9.18 Å². The van der Waals surface area contributed by atoms with E-state index in [1.54, 1.807) is 35.3 Å². The average Bonchev–Trinajstić information content (AvgIpc) is 3.21. The third-order valence-corrected chi connectivity index (χ3v) is 5.09. The molecule has 1 aromatic carbocycles. The molecule has 0 radical (unpaired) electrons. The molecule has 0 unspecified atom stereocenters. The lowest BCUT2D eigenvalue weighted by Crippen LogP contribution is -2.25. The highest BCUT2D eigenvalue weighted by atomic mass is 19.1. The third-order valence-electron chi connectivity index (χ3n) is 5.09. The fraction of sp³-hybridized carbons (Fsp3) is 0.261. The predicted octanol–water partition coefficient (Wildman–Crippen LogP) is 4.69. The number of nitrogens with one attached hydrogen (secondary N) is 1. The highest BCUT2D eigenvalue weighted by Gasteiger charge is 2.17. The summed E-state index contributed by atoms with van der Waals surface area (Å²) in [5.74, 6) is -0.536. The Morgan fingerprint density at radius 2 is 2.03 bits per heavy atom. The molecule has 0 saturated carbocycles. The van der Waals surface area contributed by atoms with Crippen LogP contribution in [0.2, 0.25) is 0 Å². The number of benzene rings is 1. The van der Waals surface area contributed by atoms with Gasteiger partial charge in [0, 0.05) is 24.5 Å². The Hall–Kier alpha value is -3.28. The Bertz CT molecular complexity index is 1010. The molecule has 29 heavy (non-hydrogen) atoms. The van der Waals surface area contributed by atoms with E-state index in [-0.39, 0.29) is 11.7 Å². The number of hydrogen-bond acceptors (Lipinski definition) is 3. The molecule has 1 aliphatic rings. The van der Waals surface area contributed by atoms with Crippen molar-refractivity contribution in [3.05, 3.63) is 78.0 Å². The number of amides is 1. The number of hydrogen-bond donors (Lipinski definition) is 1. The quantitative estimate of drug-likeness (QED) is 0.621. The number of allylic oxidation sites excluding steroid dienone is 1. The van der Waals surface area contributed by atoms with Crippen LogP contribution < -0.4 is 5.32 Å². The SMILES string of the molecule is O=C(NCCC1=CCCCC1)c1cc(-c2cccnc2)n(-c2ccc(F)cc2)n1. The molecule has 2 aromatic heterocycles. The monoisotopic (exact) mass is 390 g/mol. The summed E-state index contributed by atoms with van der Waals surface area (Å²) in [7, 11) is 0. The van der Waals surface area contributed by atoms with Crippen molar-refractivity contribution in [2.24, 2.45) is 0 Å². The van der Waals surface area contributed by atoms with Gasteiger partial charge in [-0.05, 0) is 74.6 Å². The number of pyridine rings is 1. The maximum Gasteiger partial charge on any atom is 0.271 e. The van der Waals surface area contributed by atoms with Crippen LogP contribution >= 0.6 is 0 Å². The molecule has 0 fully saturated rings. The smallest absolute Gasteiger partial charge is 0.271 e. The van der Waals surface area contributed by atoms with Gasteiger partial charge in [-0.2, -0.15) is 5.10 Å². The lowest BCUT2D eigenvalue weighted by molar-refractivity contribution is 0.0948. The average molecular weight is 390 g/mol. The molecule has 0 saturated heterocycles. The topological polar surface area (TPSA) is 59.8 Å². The molecule has 4 rings (SSSR count). The van der Waals surface area contributed by atoms with Crippen LogP contribution in [0.4, 0.5) is 4.39 Å². The Balaban J connectivity index is 1.56. The predicted molar refractivity (Wildman–Crippen MR) is 110 cm³/mol. The van der Waals surface area contributed by atoms with Gasteiger partial charge in [-0.3, -0.25) is 9.78 Å². The van der Waals surface area contributed by atoms with E-state index < -0.39 is 0 Å². The van der Waals surface area contributed by atoms with E-state index in [4.69, 9.17) is 0 Å². The molecule has 1 N–H and O–H groups in total. The normalized spacial score (nSPS) is 13.8. The van der Waals surface area contributed by atoms with Crippen molar-refractivity contribution in [3.63, 3.8) is 0 Å². The number of carbonyl (C=O) groups excluding carboxylic acids is 1. The second kappa shape index (κ2) is 8.82. The van der Waals surface area contributed by atoms with Gasteiger partial charge in [0.15, 0.2) is 5.69 Å². The van der Waals surface area contributed by atoms with Crippen LogP contribution in [-0.4, -0.2) is 27.2 Å². The number of rotatable bonds is 6. The maximum absolute atomic E-state index is 13.3. The van der Waals surface area contributed by atoms with E-state index in [2.05, 4.69) is 21.5 Å². The molecule has 1 aliphatic carbocycles. The summed E-state index contributed by atoms with van der Waals surface area (Å²) in [6, 6.07) is 11.5. The molecule has 0 atom stereocenters. The van der Waals surface area contributed by atoms with Gasteiger partial charge in [0.05, 0.1) is 11.4 Å². The van der Waals surface area contributed by atoms with E-state index in [1.165, 1.54) is 30.5 Å². The zero-order chi connectivity index (χ0) is 20.1. The number of aromatic nitrogens is 3. The minimum atomic E-state index is -0.321. The first-order chi connectivity index (χ1) is 14.2. The first-order valence-electron chi connectivity index (χ1n) is 9.93. The fourth-order valence-corrected chi connectivity index (χ4v) is 3.55. The first kappa shape index (κ1) is 19.1.